The van der Waals surface area contributed by atoms with Gasteiger partial charge in [0.05, 0.1) is 5.25 Å². The maximum atomic E-state index is 11.5. The molecule has 1 aliphatic carbocycles. The van der Waals surface area contributed by atoms with Gasteiger partial charge in [0, 0.05) is 6.04 Å². The smallest absolute Gasteiger partial charge is 0.212 e. The number of hydrogen-bond acceptors (Lipinski definition) is 2. The average Bonchev–Trinajstić information content (AvgIpc) is 2.05. The number of nitrogens with one attached hydrogen (secondary N) is 1. The highest BCUT2D eigenvalue weighted by molar-refractivity contribution is 7.90. The van der Waals surface area contributed by atoms with Crippen LogP contribution in [0.1, 0.15) is 33.1 Å². The second-order valence-corrected chi connectivity index (χ2v) is 5.96. The number of sulfonamides is 1. The largest absolute Gasteiger partial charge is 0.214 e. The maximum Gasteiger partial charge on any atom is 0.214 e. The first-order valence-electron chi connectivity index (χ1n) is 4.68. The van der Waals surface area contributed by atoms with Gasteiger partial charge in [-0.1, -0.05) is 12.2 Å². The SMILES string of the molecule is CC(C)S(=O)(=O)NC1CC=CCC1. The lowest BCUT2D eigenvalue weighted by atomic mass is 10.0. The van der Waals surface area contributed by atoms with E-state index >= 15 is 0 Å². The second kappa shape index (κ2) is 4.24. The van der Waals surface area contributed by atoms with E-state index in [0.717, 1.165) is 19.3 Å². The first kappa shape index (κ1) is 10.7. The fraction of sp³-hybridized carbons (Fsp3) is 0.778. The number of allylic oxidation sites excluding steroid dienone is 1. The molecule has 1 rings (SSSR count). The molecule has 0 heterocycles. The molecule has 0 saturated carbocycles. The Bertz CT molecular complexity index is 280. The lowest BCUT2D eigenvalue weighted by Crippen LogP contribution is -2.39. The molecule has 0 amide bonds. The third kappa shape index (κ3) is 3.12. The summed E-state index contributed by atoms with van der Waals surface area (Å²) in [7, 11) is -3.08. The predicted octanol–water partition coefficient (Wildman–Crippen LogP) is 1.42. The molecular weight excluding hydrogens is 186 g/mol. The summed E-state index contributed by atoms with van der Waals surface area (Å²) in [6, 6.07) is 0.109. The highest BCUT2D eigenvalue weighted by Crippen LogP contribution is 2.12. The van der Waals surface area contributed by atoms with E-state index in [1.165, 1.54) is 0 Å². The molecule has 0 aromatic carbocycles. The average molecular weight is 203 g/mol. The van der Waals surface area contributed by atoms with Gasteiger partial charge < -0.3 is 0 Å². The molecule has 3 nitrogen and oxygen atoms in total. The zero-order valence-electron chi connectivity index (χ0n) is 8.16. The monoisotopic (exact) mass is 203 g/mol. The van der Waals surface area contributed by atoms with Gasteiger partial charge in [-0.2, -0.15) is 0 Å². The van der Waals surface area contributed by atoms with Crippen LogP contribution in [-0.2, 0) is 10.0 Å². The highest BCUT2D eigenvalue weighted by atomic mass is 32.2. The zero-order chi connectivity index (χ0) is 9.90. The van der Waals surface area contributed by atoms with Crippen molar-refractivity contribution in [1.82, 2.24) is 4.72 Å². The van der Waals surface area contributed by atoms with Gasteiger partial charge in [-0.25, -0.2) is 13.1 Å². The lowest BCUT2D eigenvalue weighted by molar-refractivity contribution is 0.517. The van der Waals surface area contributed by atoms with Crippen LogP contribution in [0, 0.1) is 0 Å². The van der Waals surface area contributed by atoms with Crippen molar-refractivity contribution in [3.8, 4) is 0 Å². The van der Waals surface area contributed by atoms with Crippen molar-refractivity contribution in [3.63, 3.8) is 0 Å². The van der Waals surface area contributed by atoms with Crippen molar-refractivity contribution in [2.24, 2.45) is 0 Å². The van der Waals surface area contributed by atoms with Crippen LogP contribution in [0.25, 0.3) is 0 Å². The van der Waals surface area contributed by atoms with E-state index in [9.17, 15) is 8.42 Å². The van der Waals surface area contributed by atoms with Crippen LogP contribution < -0.4 is 4.72 Å². The quantitative estimate of drug-likeness (QED) is 0.705. The molecule has 13 heavy (non-hydrogen) atoms. The minimum atomic E-state index is -3.08. The van der Waals surface area contributed by atoms with Gasteiger partial charge in [0.25, 0.3) is 0 Å². The molecule has 0 aromatic rings. The van der Waals surface area contributed by atoms with Crippen molar-refractivity contribution >= 4 is 10.0 Å². The predicted molar refractivity (Wildman–Crippen MR) is 54.0 cm³/mol. The van der Waals surface area contributed by atoms with Crippen LogP contribution >= 0.6 is 0 Å². The summed E-state index contributed by atoms with van der Waals surface area (Å²) in [4.78, 5) is 0. The maximum absolute atomic E-state index is 11.5. The first-order chi connectivity index (χ1) is 6.02. The van der Waals surface area contributed by atoms with Gasteiger partial charge >= 0.3 is 0 Å². The van der Waals surface area contributed by atoms with Crippen LogP contribution in [-0.4, -0.2) is 19.7 Å². The molecule has 0 aliphatic heterocycles. The summed E-state index contributed by atoms with van der Waals surface area (Å²) in [6.45, 7) is 3.39. The fourth-order valence-corrected chi connectivity index (χ4v) is 2.22. The number of hydrogen-bond donors (Lipinski definition) is 1. The summed E-state index contributed by atoms with van der Waals surface area (Å²) in [5, 5.41) is -0.335. The van der Waals surface area contributed by atoms with Gasteiger partial charge in [0.15, 0.2) is 0 Å². The molecule has 1 atom stereocenters. The Morgan fingerprint density at radius 3 is 2.54 bits per heavy atom. The van der Waals surface area contributed by atoms with Crippen molar-refractivity contribution in [1.29, 1.82) is 0 Å². The first-order valence-corrected chi connectivity index (χ1v) is 6.23. The van der Waals surface area contributed by atoms with Crippen molar-refractivity contribution in [2.45, 2.75) is 44.4 Å². The summed E-state index contributed by atoms with van der Waals surface area (Å²) < 4.78 is 25.6. The topological polar surface area (TPSA) is 46.2 Å². The normalized spacial score (nSPS) is 23.8. The van der Waals surface area contributed by atoms with Gasteiger partial charge in [-0.05, 0) is 33.1 Å². The van der Waals surface area contributed by atoms with E-state index in [1.54, 1.807) is 13.8 Å². The lowest BCUT2D eigenvalue weighted by Gasteiger charge is -2.20. The molecule has 0 saturated heterocycles. The summed E-state index contributed by atoms with van der Waals surface area (Å²) >= 11 is 0. The van der Waals surface area contributed by atoms with Gasteiger partial charge in [0.1, 0.15) is 0 Å². The Kier molecular flexibility index (Phi) is 3.50. The third-order valence-corrected chi connectivity index (χ3v) is 4.12. The van der Waals surface area contributed by atoms with Gasteiger partial charge in [-0.15, -0.1) is 0 Å². The zero-order valence-corrected chi connectivity index (χ0v) is 8.97. The van der Waals surface area contributed by atoms with Crippen molar-refractivity contribution in [2.75, 3.05) is 0 Å². The Morgan fingerprint density at radius 2 is 2.08 bits per heavy atom. The molecular formula is C9H17NO2S. The van der Waals surface area contributed by atoms with Crippen LogP contribution in [0.15, 0.2) is 12.2 Å². The van der Waals surface area contributed by atoms with Crippen LogP contribution in [0.4, 0.5) is 0 Å². The van der Waals surface area contributed by atoms with Crippen LogP contribution in [0.5, 0.6) is 0 Å². The Hall–Kier alpha value is -0.350. The van der Waals surface area contributed by atoms with E-state index in [1.807, 2.05) is 6.08 Å². The molecule has 0 fully saturated rings. The van der Waals surface area contributed by atoms with Gasteiger partial charge in [-0.3, -0.25) is 0 Å². The molecule has 1 N–H and O–H groups in total. The fourth-order valence-electron chi connectivity index (χ4n) is 1.27. The summed E-state index contributed by atoms with van der Waals surface area (Å²) in [5.74, 6) is 0. The van der Waals surface area contributed by atoms with Crippen molar-refractivity contribution in [3.05, 3.63) is 12.2 Å². The van der Waals surface area contributed by atoms with Crippen molar-refractivity contribution < 1.29 is 8.42 Å². The molecule has 4 heteroatoms. The third-order valence-electron chi connectivity index (χ3n) is 2.22. The van der Waals surface area contributed by atoms with E-state index in [0.29, 0.717) is 0 Å². The minimum absolute atomic E-state index is 0.109. The molecule has 1 aliphatic rings. The Balaban J connectivity index is 2.53. The molecule has 0 spiro atoms. The minimum Gasteiger partial charge on any atom is -0.212 e. The van der Waals surface area contributed by atoms with E-state index in [2.05, 4.69) is 10.8 Å². The molecule has 0 radical (unpaired) electrons. The summed E-state index contributed by atoms with van der Waals surface area (Å²) in [6.07, 6.45) is 6.86. The highest BCUT2D eigenvalue weighted by Gasteiger charge is 2.20. The van der Waals surface area contributed by atoms with Gasteiger partial charge in [0.2, 0.25) is 10.0 Å². The molecule has 1 unspecified atom stereocenters. The summed E-state index contributed by atoms with van der Waals surface area (Å²) in [5.41, 5.74) is 0. The van der Waals surface area contributed by atoms with Crippen LogP contribution in [0.2, 0.25) is 0 Å². The standard InChI is InChI=1S/C9H17NO2S/c1-8(2)13(11,12)10-9-6-4-3-5-7-9/h3-4,8-10H,5-7H2,1-2H3. The molecule has 76 valence electrons. The van der Waals surface area contributed by atoms with E-state index in [4.69, 9.17) is 0 Å². The van der Waals surface area contributed by atoms with Crippen LogP contribution in [0.3, 0.4) is 0 Å². The van der Waals surface area contributed by atoms with E-state index in [-0.39, 0.29) is 11.3 Å². The number of rotatable bonds is 3. The Labute approximate surface area is 80.3 Å². The second-order valence-electron chi connectivity index (χ2n) is 3.69. The molecule has 0 aromatic heterocycles. The van der Waals surface area contributed by atoms with E-state index < -0.39 is 10.0 Å². The molecule has 0 bridgehead atoms. The Morgan fingerprint density at radius 1 is 1.38 bits per heavy atom.